The molecule has 3 aromatic rings. The maximum Gasteiger partial charge on any atom is 0.261 e. The van der Waals surface area contributed by atoms with Crippen LogP contribution in [-0.4, -0.2) is 20.4 Å². The molecule has 0 spiro atoms. The first kappa shape index (κ1) is 19.1. The molecule has 1 heterocycles. The Balaban J connectivity index is 1.64. The number of halogens is 1. The van der Waals surface area contributed by atoms with Crippen LogP contribution in [0.1, 0.15) is 22.8 Å². The zero-order valence-electron chi connectivity index (χ0n) is 15.7. The van der Waals surface area contributed by atoms with Gasteiger partial charge in [0.2, 0.25) is 0 Å². The lowest BCUT2D eigenvalue weighted by atomic mass is 10.1. The van der Waals surface area contributed by atoms with E-state index in [4.69, 9.17) is 0 Å². The van der Waals surface area contributed by atoms with Crippen molar-refractivity contribution >= 4 is 27.3 Å². The van der Waals surface area contributed by atoms with Crippen molar-refractivity contribution in [3.05, 3.63) is 89.7 Å². The highest BCUT2D eigenvalue weighted by Crippen LogP contribution is 2.35. The number of amides is 1. The Bertz CT molecular complexity index is 1180. The standard InChI is InChI=1S/C22H19FN2O3S/c1-15-12-17-13-20(29(27,28)24-19-9-5-8-18(23)14-19)10-11-21(17)25(15)22(26)16-6-3-2-4-7-16/h2-11,13-15,24H,12H2,1H3/t15-/m0/s1. The number of nitrogens with zero attached hydrogens (tertiary/aromatic N) is 1. The first-order chi connectivity index (χ1) is 13.8. The topological polar surface area (TPSA) is 66.5 Å². The summed E-state index contributed by atoms with van der Waals surface area (Å²) in [5.74, 6) is -0.645. The van der Waals surface area contributed by atoms with Gasteiger partial charge in [0.25, 0.3) is 15.9 Å². The summed E-state index contributed by atoms with van der Waals surface area (Å²) >= 11 is 0. The van der Waals surface area contributed by atoms with Crippen molar-refractivity contribution in [1.29, 1.82) is 0 Å². The van der Waals surface area contributed by atoms with Gasteiger partial charge in [0.1, 0.15) is 5.82 Å². The van der Waals surface area contributed by atoms with E-state index in [-0.39, 0.29) is 22.5 Å². The Morgan fingerprint density at radius 1 is 1.03 bits per heavy atom. The molecule has 0 fully saturated rings. The molecule has 7 heteroatoms. The number of anilines is 2. The number of hydrogen-bond donors (Lipinski definition) is 1. The third-order valence-corrected chi connectivity index (χ3v) is 6.27. The van der Waals surface area contributed by atoms with Crippen molar-refractivity contribution < 1.29 is 17.6 Å². The number of rotatable bonds is 4. The molecule has 0 saturated heterocycles. The van der Waals surface area contributed by atoms with Crippen LogP contribution in [0.3, 0.4) is 0 Å². The molecule has 5 nitrogen and oxygen atoms in total. The normalized spacial score (nSPS) is 15.8. The number of sulfonamides is 1. The summed E-state index contributed by atoms with van der Waals surface area (Å²) in [5, 5.41) is 0. The highest BCUT2D eigenvalue weighted by atomic mass is 32.2. The van der Waals surface area contributed by atoms with Crippen LogP contribution in [0.5, 0.6) is 0 Å². The molecule has 0 aromatic heterocycles. The van der Waals surface area contributed by atoms with Crippen LogP contribution in [0.15, 0.2) is 77.7 Å². The molecule has 1 aliphatic rings. The van der Waals surface area contributed by atoms with E-state index in [0.29, 0.717) is 17.7 Å². The molecule has 29 heavy (non-hydrogen) atoms. The van der Waals surface area contributed by atoms with E-state index in [1.165, 1.54) is 24.3 Å². The Labute approximate surface area is 168 Å². The van der Waals surface area contributed by atoms with Gasteiger partial charge in [-0.2, -0.15) is 0 Å². The van der Waals surface area contributed by atoms with Crippen LogP contribution in [0.25, 0.3) is 0 Å². The molecule has 0 unspecified atom stereocenters. The predicted octanol–water partition coefficient (Wildman–Crippen LogP) is 4.22. The molecule has 1 aliphatic heterocycles. The van der Waals surface area contributed by atoms with E-state index in [1.54, 1.807) is 29.2 Å². The van der Waals surface area contributed by atoms with E-state index in [2.05, 4.69) is 4.72 Å². The van der Waals surface area contributed by atoms with E-state index < -0.39 is 15.8 Å². The lowest BCUT2D eigenvalue weighted by Crippen LogP contribution is -2.35. The SMILES string of the molecule is C[C@H]1Cc2cc(S(=O)(=O)Nc3cccc(F)c3)ccc2N1C(=O)c1ccccc1. The van der Waals surface area contributed by atoms with E-state index in [1.807, 2.05) is 25.1 Å². The van der Waals surface area contributed by atoms with E-state index >= 15 is 0 Å². The van der Waals surface area contributed by atoms with Crippen molar-refractivity contribution in [2.45, 2.75) is 24.3 Å². The lowest BCUT2D eigenvalue weighted by molar-refractivity contribution is 0.0981. The number of nitrogens with one attached hydrogen (secondary N) is 1. The molecule has 1 N–H and O–H groups in total. The van der Waals surface area contributed by atoms with Crippen LogP contribution >= 0.6 is 0 Å². The van der Waals surface area contributed by atoms with Crippen molar-refractivity contribution in [2.24, 2.45) is 0 Å². The first-order valence-electron chi connectivity index (χ1n) is 9.15. The summed E-state index contributed by atoms with van der Waals surface area (Å²) in [7, 11) is -3.88. The molecular weight excluding hydrogens is 391 g/mol. The fourth-order valence-corrected chi connectivity index (χ4v) is 4.67. The minimum absolute atomic E-state index is 0.0710. The van der Waals surface area contributed by atoms with E-state index in [0.717, 1.165) is 11.6 Å². The highest BCUT2D eigenvalue weighted by molar-refractivity contribution is 7.92. The Morgan fingerprint density at radius 2 is 1.79 bits per heavy atom. The number of carbonyl (C=O) groups excluding carboxylic acids is 1. The van der Waals surface area contributed by atoms with Crippen LogP contribution < -0.4 is 9.62 Å². The quantitative estimate of drug-likeness (QED) is 0.700. The Kier molecular flexibility index (Phi) is 4.84. The maximum absolute atomic E-state index is 13.4. The first-order valence-corrected chi connectivity index (χ1v) is 10.6. The Morgan fingerprint density at radius 3 is 2.52 bits per heavy atom. The van der Waals surface area contributed by atoms with Crippen molar-refractivity contribution in [3.8, 4) is 0 Å². The summed E-state index contributed by atoms with van der Waals surface area (Å²) in [5.41, 5.74) is 2.22. The van der Waals surface area contributed by atoms with Crippen LogP contribution in [0, 0.1) is 5.82 Å². The molecule has 1 atom stereocenters. The second-order valence-corrected chi connectivity index (χ2v) is 8.68. The molecular formula is C22H19FN2O3S. The third kappa shape index (κ3) is 3.73. The molecule has 0 bridgehead atoms. The molecule has 4 rings (SSSR count). The molecule has 1 amide bonds. The summed E-state index contributed by atoms with van der Waals surface area (Å²) in [6.45, 7) is 1.93. The number of hydrogen-bond acceptors (Lipinski definition) is 3. The monoisotopic (exact) mass is 410 g/mol. The number of benzene rings is 3. The van der Waals surface area contributed by atoms with Gasteiger partial charge in [-0.25, -0.2) is 12.8 Å². The average Bonchev–Trinajstić information content (AvgIpc) is 3.02. The second kappa shape index (κ2) is 7.33. The van der Waals surface area contributed by atoms with Gasteiger partial charge in [-0.3, -0.25) is 9.52 Å². The zero-order valence-corrected chi connectivity index (χ0v) is 16.5. The van der Waals surface area contributed by atoms with Gasteiger partial charge in [0, 0.05) is 17.3 Å². The van der Waals surface area contributed by atoms with Gasteiger partial charge < -0.3 is 4.90 Å². The van der Waals surface area contributed by atoms with Gasteiger partial charge >= 0.3 is 0 Å². The van der Waals surface area contributed by atoms with Crippen LogP contribution in [-0.2, 0) is 16.4 Å². The van der Waals surface area contributed by atoms with Crippen LogP contribution in [0.2, 0.25) is 0 Å². The fraction of sp³-hybridized carbons (Fsp3) is 0.136. The van der Waals surface area contributed by atoms with Crippen molar-refractivity contribution in [3.63, 3.8) is 0 Å². The van der Waals surface area contributed by atoms with E-state index in [9.17, 15) is 17.6 Å². The van der Waals surface area contributed by atoms with Gasteiger partial charge in [-0.15, -0.1) is 0 Å². The minimum atomic E-state index is -3.88. The lowest BCUT2D eigenvalue weighted by Gasteiger charge is -2.23. The van der Waals surface area contributed by atoms with Gasteiger partial charge in [-0.1, -0.05) is 24.3 Å². The molecule has 0 radical (unpaired) electrons. The predicted molar refractivity (Wildman–Crippen MR) is 110 cm³/mol. The highest BCUT2D eigenvalue weighted by Gasteiger charge is 2.32. The van der Waals surface area contributed by atoms with Gasteiger partial charge in [-0.05, 0) is 67.4 Å². The molecule has 0 saturated carbocycles. The largest absolute Gasteiger partial charge is 0.305 e. The smallest absolute Gasteiger partial charge is 0.261 e. The Hall–Kier alpha value is -3.19. The number of fused-ring (bicyclic) bond motifs is 1. The second-order valence-electron chi connectivity index (χ2n) is 7.00. The molecule has 0 aliphatic carbocycles. The summed E-state index contributed by atoms with van der Waals surface area (Å²) < 4.78 is 41.2. The maximum atomic E-state index is 13.4. The van der Waals surface area contributed by atoms with Gasteiger partial charge in [0.15, 0.2) is 0 Å². The summed E-state index contributed by atoms with van der Waals surface area (Å²) in [6, 6.07) is 18.9. The summed E-state index contributed by atoms with van der Waals surface area (Å²) in [4.78, 5) is 14.7. The molecule has 3 aromatic carbocycles. The van der Waals surface area contributed by atoms with Crippen molar-refractivity contribution in [2.75, 3.05) is 9.62 Å². The van der Waals surface area contributed by atoms with Gasteiger partial charge in [0.05, 0.1) is 10.6 Å². The fourth-order valence-electron chi connectivity index (χ4n) is 3.57. The van der Waals surface area contributed by atoms with Crippen LogP contribution in [0.4, 0.5) is 15.8 Å². The zero-order chi connectivity index (χ0) is 20.6. The third-order valence-electron chi connectivity index (χ3n) is 4.89. The average molecular weight is 410 g/mol. The van der Waals surface area contributed by atoms with Crippen molar-refractivity contribution in [1.82, 2.24) is 0 Å². The minimum Gasteiger partial charge on any atom is -0.305 e. The summed E-state index contributed by atoms with van der Waals surface area (Å²) in [6.07, 6.45) is 0.553. The molecule has 148 valence electrons. The number of carbonyl (C=O) groups is 1.